The monoisotopic (exact) mass is 194 g/mol. The molecule has 3 heteroatoms. The Morgan fingerprint density at radius 3 is 2.50 bits per heavy atom. The van der Waals surface area contributed by atoms with Crippen molar-refractivity contribution in [3.8, 4) is 0 Å². The van der Waals surface area contributed by atoms with Crippen LogP contribution >= 0.6 is 0 Å². The van der Waals surface area contributed by atoms with Gasteiger partial charge in [0.2, 0.25) is 5.91 Å². The Hall–Kier alpha value is -0.830. The summed E-state index contributed by atoms with van der Waals surface area (Å²) in [7, 11) is 0. The average molecular weight is 194 g/mol. The van der Waals surface area contributed by atoms with Crippen LogP contribution in [0.5, 0.6) is 0 Å². The molecule has 0 radical (unpaired) electrons. The second-order valence-corrected chi connectivity index (χ2v) is 4.45. The van der Waals surface area contributed by atoms with Gasteiger partial charge in [0, 0.05) is 12.6 Å². The Kier molecular flexibility index (Phi) is 2.59. The van der Waals surface area contributed by atoms with E-state index in [1.807, 2.05) is 0 Å². The van der Waals surface area contributed by atoms with Gasteiger partial charge in [-0.05, 0) is 25.7 Å². The molecule has 0 aromatic heterocycles. The van der Waals surface area contributed by atoms with Crippen molar-refractivity contribution in [1.82, 2.24) is 5.32 Å². The molecule has 78 valence electrons. The molecule has 0 aliphatic heterocycles. The predicted octanol–water partition coefficient (Wildman–Crippen LogP) is 0.950. The summed E-state index contributed by atoms with van der Waals surface area (Å²) >= 11 is 0. The summed E-state index contributed by atoms with van der Waals surface area (Å²) in [5, 5.41) is 3.09. The summed E-state index contributed by atoms with van der Waals surface area (Å²) in [6, 6.07) is 0.325. The third kappa shape index (κ3) is 1.57. The van der Waals surface area contributed by atoms with E-state index in [1.165, 1.54) is 0 Å². The Balaban J connectivity index is 1.88. The van der Waals surface area contributed by atoms with Crippen molar-refractivity contribution < 1.29 is 4.79 Å². The van der Waals surface area contributed by atoms with E-state index in [2.05, 4.69) is 17.5 Å². The zero-order valence-corrected chi connectivity index (χ0v) is 8.46. The number of hydrogen-bond donors (Lipinski definition) is 2. The highest BCUT2D eigenvalue weighted by Gasteiger charge is 2.43. The standard InChI is InChI=1S/C11H18N2O/c12-8-11(6-3-7-11)10(14)13-9-4-1-2-5-9/h1-2,9H,3-8,12H2,(H,13,14). The Bertz CT molecular complexity index is 243. The Labute approximate surface area is 84.7 Å². The van der Waals surface area contributed by atoms with Crippen LogP contribution in [0.3, 0.4) is 0 Å². The third-order valence-electron chi connectivity index (χ3n) is 3.53. The highest BCUT2D eigenvalue weighted by atomic mass is 16.2. The normalized spacial score (nSPS) is 24.6. The van der Waals surface area contributed by atoms with Gasteiger partial charge in [-0.1, -0.05) is 18.6 Å². The van der Waals surface area contributed by atoms with Gasteiger partial charge < -0.3 is 11.1 Å². The van der Waals surface area contributed by atoms with E-state index in [-0.39, 0.29) is 11.3 Å². The second-order valence-electron chi connectivity index (χ2n) is 4.45. The van der Waals surface area contributed by atoms with Crippen LogP contribution in [0.25, 0.3) is 0 Å². The van der Waals surface area contributed by atoms with Crippen LogP contribution in [-0.2, 0) is 4.79 Å². The SMILES string of the molecule is NCC1(C(=O)NC2CC=CC2)CCC1. The molecular formula is C11H18N2O. The van der Waals surface area contributed by atoms with E-state index < -0.39 is 0 Å². The Morgan fingerprint density at radius 1 is 1.43 bits per heavy atom. The van der Waals surface area contributed by atoms with Crippen LogP contribution in [0.1, 0.15) is 32.1 Å². The van der Waals surface area contributed by atoms with Gasteiger partial charge in [0.1, 0.15) is 0 Å². The van der Waals surface area contributed by atoms with Crippen molar-refractivity contribution in [3.63, 3.8) is 0 Å². The lowest BCUT2D eigenvalue weighted by Crippen LogP contribution is -2.52. The number of hydrogen-bond acceptors (Lipinski definition) is 2. The zero-order valence-electron chi connectivity index (χ0n) is 8.46. The number of carbonyl (C=O) groups is 1. The highest BCUT2D eigenvalue weighted by Crippen LogP contribution is 2.40. The van der Waals surface area contributed by atoms with Gasteiger partial charge in [0.15, 0.2) is 0 Å². The van der Waals surface area contributed by atoms with Crippen LogP contribution in [0.15, 0.2) is 12.2 Å². The fraction of sp³-hybridized carbons (Fsp3) is 0.727. The van der Waals surface area contributed by atoms with Crippen LogP contribution in [0.2, 0.25) is 0 Å². The largest absolute Gasteiger partial charge is 0.352 e. The van der Waals surface area contributed by atoms with E-state index in [1.54, 1.807) is 0 Å². The van der Waals surface area contributed by atoms with E-state index in [9.17, 15) is 4.79 Å². The number of rotatable bonds is 3. The van der Waals surface area contributed by atoms with Gasteiger partial charge in [-0.15, -0.1) is 0 Å². The first-order chi connectivity index (χ1) is 6.77. The lowest BCUT2D eigenvalue weighted by molar-refractivity contribution is -0.135. The molecule has 0 heterocycles. The molecule has 0 saturated heterocycles. The van der Waals surface area contributed by atoms with Gasteiger partial charge in [-0.3, -0.25) is 4.79 Å². The van der Waals surface area contributed by atoms with Crippen LogP contribution < -0.4 is 11.1 Å². The zero-order chi connectivity index (χ0) is 10.0. The molecule has 0 bridgehead atoms. The van der Waals surface area contributed by atoms with Gasteiger partial charge in [0.25, 0.3) is 0 Å². The summed E-state index contributed by atoms with van der Waals surface area (Å²) in [6.45, 7) is 0.499. The quantitative estimate of drug-likeness (QED) is 0.657. The molecule has 0 aromatic rings. The molecule has 0 aromatic carbocycles. The van der Waals surface area contributed by atoms with Crippen molar-refractivity contribution in [1.29, 1.82) is 0 Å². The Morgan fingerprint density at radius 2 is 2.07 bits per heavy atom. The van der Waals surface area contributed by atoms with Crippen LogP contribution in [0.4, 0.5) is 0 Å². The minimum atomic E-state index is -0.220. The second kappa shape index (κ2) is 3.73. The van der Waals surface area contributed by atoms with Crippen LogP contribution in [0, 0.1) is 5.41 Å². The summed E-state index contributed by atoms with van der Waals surface area (Å²) < 4.78 is 0. The first-order valence-corrected chi connectivity index (χ1v) is 5.43. The lowest BCUT2D eigenvalue weighted by atomic mass is 9.68. The molecule has 2 aliphatic rings. The van der Waals surface area contributed by atoms with E-state index in [0.29, 0.717) is 12.6 Å². The highest BCUT2D eigenvalue weighted by molar-refractivity contribution is 5.84. The van der Waals surface area contributed by atoms with Crippen molar-refractivity contribution in [2.24, 2.45) is 11.1 Å². The summed E-state index contributed by atoms with van der Waals surface area (Å²) in [5.41, 5.74) is 5.45. The summed E-state index contributed by atoms with van der Waals surface area (Å²) in [5.74, 6) is 0.181. The number of carbonyl (C=O) groups excluding carboxylic acids is 1. The number of nitrogens with one attached hydrogen (secondary N) is 1. The molecule has 14 heavy (non-hydrogen) atoms. The minimum Gasteiger partial charge on any atom is -0.352 e. The number of nitrogens with two attached hydrogens (primary N) is 1. The smallest absolute Gasteiger partial charge is 0.227 e. The topological polar surface area (TPSA) is 55.1 Å². The summed E-state index contributed by atoms with van der Waals surface area (Å²) in [4.78, 5) is 11.9. The average Bonchev–Trinajstić information content (AvgIpc) is 2.55. The van der Waals surface area contributed by atoms with E-state index in [0.717, 1.165) is 32.1 Å². The maximum absolute atomic E-state index is 11.9. The predicted molar refractivity (Wildman–Crippen MR) is 55.6 cm³/mol. The number of amides is 1. The van der Waals surface area contributed by atoms with Crippen molar-refractivity contribution in [3.05, 3.63) is 12.2 Å². The van der Waals surface area contributed by atoms with Crippen molar-refractivity contribution >= 4 is 5.91 Å². The molecule has 1 amide bonds. The van der Waals surface area contributed by atoms with Crippen molar-refractivity contribution in [2.45, 2.75) is 38.1 Å². The van der Waals surface area contributed by atoms with Gasteiger partial charge in [0.05, 0.1) is 5.41 Å². The molecule has 3 nitrogen and oxygen atoms in total. The van der Waals surface area contributed by atoms with E-state index >= 15 is 0 Å². The van der Waals surface area contributed by atoms with E-state index in [4.69, 9.17) is 5.73 Å². The third-order valence-corrected chi connectivity index (χ3v) is 3.53. The van der Waals surface area contributed by atoms with Crippen LogP contribution in [-0.4, -0.2) is 18.5 Å². The van der Waals surface area contributed by atoms with Gasteiger partial charge in [-0.2, -0.15) is 0 Å². The molecule has 1 saturated carbocycles. The lowest BCUT2D eigenvalue weighted by Gasteiger charge is -2.39. The van der Waals surface area contributed by atoms with Gasteiger partial charge >= 0.3 is 0 Å². The van der Waals surface area contributed by atoms with Crippen molar-refractivity contribution in [2.75, 3.05) is 6.54 Å². The fourth-order valence-electron chi connectivity index (χ4n) is 2.20. The first-order valence-electron chi connectivity index (χ1n) is 5.43. The maximum atomic E-state index is 11.9. The molecule has 3 N–H and O–H groups in total. The fourth-order valence-corrected chi connectivity index (χ4v) is 2.20. The molecule has 2 aliphatic carbocycles. The minimum absolute atomic E-state index is 0.181. The summed E-state index contributed by atoms with van der Waals surface area (Å²) in [6.07, 6.45) is 9.29. The molecule has 0 unspecified atom stereocenters. The molecule has 0 atom stereocenters. The maximum Gasteiger partial charge on any atom is 0.227 e. The molecular weight excluding hydrogens is 176 g/mol. The first kappa shape index (κ1) is 9.71. The molecule has 2 rings (SSSR count). The molecule has 1 fully saturated rings. The van der Waals surface area contributed by atoms with Gasteiger partial charge in [-0.25, -0.2) is 0 Å². The molecule has 0 spiro atoms.